The van der Waals surface area contributed by atoms with Crippen molar-refractivity contribution >= 4 is 29.0 Å². The number of carbonyl (C=O) groups excluding carboxylic acids is 1. The number of pyridine rings is 1. The van der Waals surface area contributed by atoms with Crippen LogP contribution in [0.25, 0.3) is 10.8 Å². The fourth-order valence-electron chi connectivity index (χ4n) is 3.93. The van der Waals surface area contributed by atoms with Crippen LogP contribution in [0.2, 0.25) is 0 Å². The molecule has 150 valence electrons. The zero-order chi connectivity index (χ0) is 20.5. The van der Waals surface area contributed by atoms with E-state index in [0.717, 1.165) is 6.42 Å². The quantitative estimate of drug-likeness (QED) is 0.409. The van der Waals surface area contributed by atoms with Gasteiger partial charge in [-0.2, -0.15) is 0 Å². The van der Waals surface area contributed by atoms with Crippen molar-refractivity contribution in [2.45, 2.75) is 38.7 Å². The third-order valence-corrected chi connectivity index (χ3v) is 5.96. The molecule has 6 heteroatoms. The largest absolute Gasteiger partial charge is 0.454 e. The molecule has 0 aliphatic carbocycles. The fraction of sp³-hybridized carbons (Fsp3) is 0.304. The maximum absolute atomic E-state index is 14.8. The molecule has 1 unspecified atom stereocenters. The number of ether oxygens (including phenoxy) is 2. The third-order valence-electron chi connectivity index (χ3n) is 5.53. The molecule has 3 aromatic rings. The number of benzene rings is 2. The predicted molar refractivity (Wildman–Crippen MR) is 112 cm³/mol. The summed E-state index contributed by atoms with van der Waals surface area (Å²) in [5.74, 6) is -0.881. The van der Waals surface area contributed by atoms with Crippen LogP contribution in [0, 0.1) is 16.4 Å². The van der Waals surface area contributed by atoms with Crippen molar-refractivity contribution < 1.29 is 18.7 Å². The minimum absolute atomic E-state index is 0.0610. The van der Waals surface area contributed by atoms with Crippen molar-refractivity contribution in [2.24, 2.45) is 5.92 Å². The molecule has 1 aromatic heterocycles. The van der Waals surface area contributed by atoms with E-state index in [0.29, 0.717) is 21.0 Å². The summed E-state index contributed by atoms with van der Waals surface area (Å²) < 4.78 is 28.9. The fourth-order valence-corrected chi connectivity index (χ4v) is 4.27. The molecule has 1 saturated heterocycles. The molecule has 29 heavy (non-hydrogen) atoms. The maximum atomic E-state index is 14.8. The zero-order valence-electron chi connectivity index (χ0n) is 16.2. The van der Waals surface area contributed by atoms with E-state index in [-0.39, 0.29) is 12.0 Å². The minimum Gasteiger partial charge on any atom is -0.454 e. The van der Waals surface area contributed by atoms with E-state index in [4.69, 9.17) is 21.7 Å². The normalized spacial score (nSPS) is 24.0. The van der Waals surface area contributed by atoms with Gasteiger partial charge in [0.2, 0.25) is 0 Å². The van der Waals surface area contributed by atoms with Crippen molar-refractivity contribution in [3.8, 4) is 0 Å². The third kappa shape index (κ3) is 3.58. The first-order valence-electron chi connectivity index (χ1n) is 9.72. The van der Waals surface area contributed by atoms with Crippen LogP contribution in [-0.4, -0.2) is 22.7 Å². The molecule has 4 atom stereocenters. The van der Waals surface area contributed by atoms with Crippen LogP contribution in [0.15, 0.2) is 60.8 Å². The van der Waals surface area contributed by atoms with Crippen LogP contribution < -0.4 is 0 Å². The molecule has 4 rings (SSSR count). The molecule has 0 radical (unpaired) electrons. The highest BCUT2D eigenvalue weighted by Crippen LogP contribution is 2.39. The van der Waals surface area contributed by atoms with Crippen LogP contribution >= 0.6 is 12.2 Å². The summed E-state index contributed by atoms with van der Waals surface area (Å²) in [6, 6.07) is 15.9. The molecule has 1 aliphatic rings. The summed E-state index contributed by atoms with van der Waals surface area (Å²) in [5.41, 5.74) is 0.465. The number of rotatable bonds is 4. The lowest BCUT2D eigenvalue weighted by atomic mass is 9.98. The highest BCUT2D eigenvalue weighted by Gasteiger charge is 2.45. The first kappa shape index (κ1) is 19.7. The molecule has 0 N–H and O–H groups in total. The van der Waals surface area contributed by atoms with E-state index in [1.807, 2.05) is 26.0 Å². The highest BCUT2D eigenvalue weighted by molar-refractivity contribution is 7.71. The van der Waals surface area contributed by atoms with Crippen molar-refractivity contribution in [3.63, 3.8) is 0 Å². The van der Waals surface area contributed by atoms with Gasteiger partial charge in [0.05, 0.1) is 11.7 Å². The first-order valence-corrected chi connectivity index (χ1v) is 10.1. The number of hydrogen-bond acceptors (Lipinski definition) is 4. The average molecular weight is 411 g/mol. The van der Waals surface area contributed by atoms with Crippen LogP contribution in [0.3, 0.4) is 0 Å². The predicted octanol–water partition coefficient (Wildman–Crippen LogP) is 5.68. The summed E-state index contributed by atoms with van der Waals surface area (Å²) in [6.07, 6.45) is 0.711. The van der Waals surface area contributed by atoms with E-state index in [9.17, 15) is 9.18 Å². The van der Waals surface area contributed by atoms with Crippen LogP contribution in [0.4, 0.5) is 4.39 Å². The van der Waals surface area contributed by atoms with E-state index in [2.05, 4.69) is 0 Å². The van der Waals surface area contributed by atoms with Crippen LogP contribution in [-0.2, 0) is 9.47 Å². The van der Waals surface area contributed by atoms with Gasteiger partial charge in [0, 0.05) is 22.9 Å². The molecule has 2 aromatic carbocycles. The number of esters is 1. The summed E-state index contributed by atoms with van der Waals surface area (Å²) in [6.45, 7) is 4.00. The Bertz CT molecular complexity index is 1100. The summed E-state index contributed by atoms with van der Waals surface area (Å²) in [4.78, 5) is 12.7. The lowest BCUT2D eigenvalue weighted by Gasteiger charge is -2.24. The molecule has 0 bridgehead atoms. The highest BCUT2D eigenvalue weighted by atomic mass is 32.1. The summed E-state index contributed by atoms with van der Waals surface area (Å²) in [5, 5.41) is 1.09. The summed E-state index contributed by atoms with van der Waals surface area (Å²) >= 11 is 5.64. The molecular formula is C23H22FNO3S. The van der Waals surface area contributed by atoms with Gasteiger partial charge in [0.25, 0.3) is 0 Å². The van der Waals surface area contributed by atoms with Gasteiger partial charge in [0.1, 0.15) is 10.5 Å². The minimum atomic E-state index is -0.686. The number of carbonyl (C=O) groups is 1. The van der Waals surface area contributed by atoms with Crippen molar-refractivity contribution in [1.29, 1.82) is 0 Å². The Morgan fingerprint density at radius 2 is 1.79 bits per heavy atom. The smallest absolute Gasteiger partial charge is 0.338 e. The van der Waals surface area contributed by atoms with Gasteiger partial charge in [-0.1, -0.05) is 68.5 Å². The second-order valence-corrected chi connectivity index (χ2v) is 7.69. The van der Waals surface area contributed by atoms with Gasteiger partial charge in [-0.3, -0.25) is 0 Å². The van der Waals surface area contributed by atoms with Gasteiger partial charge < -0.3 is 14.0 Å². The molecule has 0 spiro atoms. The number of aromatic nitrogens is 1. The topological polar surface area (TPSA) is 40.5 Å². The molecular weight excluding hydrogens is 389 g/mol. The Morgan fingerprint density at radius 1 is 1.14 bits per heavy atom. The van der Waals surface area contributed by atoms with Gasteiger partial charge >= 0.3 is 5.97 Å². The number of hydrogen-bond donors (Lipinski definition) is 0. The SMILES string of the molecule is CC[C@H]1O[C@@H](n2cc(F)c3ccccc3c2=S)[C@@H](OC(=O)c2ccccc2)C1C. The Morgan fingerprint density at radius 3 is 2.48 bits per heavy atom. The van der Waals surface area contributed by atoms with Gasteiger partial charge in [-0.25, -0.2) is 9.18 Å². The van der Waals surface area contributed by atoms with Crippen LogP contribution in [0.5, 0.6) is 0 Å². The maximum Gasteiger partial charge on any atom is 0.338 e. The Hall–Kier alpha value is -2.57. The van der Waals surface area contributed by atoms with Crippen molar-refractivity contribution in [3.05, 3.63) is 76.8 Å². The standard InChI is InChI=1S/C23H22FNO3S/c1-3-19-14(2)20(28-23(26)15-9-5-4-6-10-15)21(27-19)25-13-18(24)16-11-7-8-12-17(16)22(25)29/h4-14,19-21H,3H2,1-2H3/t14?,19-,20+,21-/m1/s1. The van der Waals surface area contributed by atoms with Crippen LogP contribution in [0.1, 0.15) is 36.9 Å². The summed E-state index contributed by atoms with van der Waals surface area (Å²) in [7, 11) is 0. The lowest BCUT2D eigenvalue weighted by Crippen LogP contribution is -2.31. The number of nitrogens with zero attached hydrogens (tertiary/aromatic N) is 1. The van der Waals surface area contributed by atoms with E-state index >= 15 is 0 Å². The molecule has 1 aliphatic heterocycles. The number of halogens is 1. The molecule has 1 fully saturated rings. The molecule has 0 amide bonds. The Kier molecular flexibility index (Phi) is 5.48. The van der Waals surface area contributed by atoms with Gasteiger partial charge in [0.15, 0.2) is 12.3 Å². The second kappa shape index (κ2) is 8.05. The van der Waals surface area contributed by atoms with E-state index in [1.54, 1.807) is 47.0 Å². The van der Waals surface area contributed by atoms with E-state index < -0.39 is 24.1 Å². The van der Waals surface area contributed by atoms with E-state index in [1.165, 1.54) is 6.20 Å². The Balaban J connectivity index is 1.75. The average Bonchev–Trinajstić information content (AvgIpc) is 3.06. The first-order chi connectivity index (χ1) is 14.0. The lowest BCUT2D eigenvalue weighted by molar-refractivity contribution is -0.0496. The number of fused-ring (bicyclic) bond motifs is 1. The molecule has 0 saturated carbocycles. The second-order valence-electron chi connectivity index (χ2n) is 7.30. The van der Waals surface area contributed by atoms with Crippen molar-refractivity contribution in [2.75, 3.05) is 0 Å². The molecule has 4 nitrogen and oxygen atoms in total. The molecule has 2 heterocycles. The Labute approximate surface area is 173 Å². The zero-order valence-corrected chi connectivity index (χ0v) is 17.1. The van der Waals surface area contributed by atoms with Crippen molar-refractivity contribution in [1.82, 2.24) is 4.57 Å². The van der Waals surface area contributed by atoms with Gasteiger partial charge in [-0.05, 0) is 18.6 Å². The monoisotopic (exact) mass is 411 g/mol. The van der Waals surface area contributed by atoms with Gasteiger partial charge in [-0.15, -0.1) is 0 Å².